The Morgan fingerprint density at radius 1 is 0.939 bits per heavy atom. The first kappa shape index (κ1) is 24.0. The van der Waals surface area contributed by atoms with Crippen LogP contribution in [0.4, 0.5) is 5.69 Å². The number of nitrogens with zero attached hydrogens (tertiary/aromatic N) is 1. The second kappa shape index (κ2) is 12.4. The maximum absolute atomic E-state index is 12.0. The molecule has 0 unspecified atom stereocenters. The van der Waals surface area contributed by atoms with Crippen molar-refractivity contribution in [2.24, 2.45) is 5.10 Å². The van der Waals surface area contributed by atoms with Gasteiger partial charge in [-0.2, -0.15) is 5.10 Å². The average molecular weight is 510 g/mol. The van der Waals surface area contributed by atoms with E-state index in [1.165, 1.54) is 6.21 Å². The number of anilines is 1. The molecule has 7 nitrogen and oxygen atoms in total. The van der Waals surface area contributed by atoms with Crippen molar-refractivity contribution in [3.05, 3.63) is 88.4 Å². The van der Waals surface area contributed by atoms with Crippen molar-refractivity contribution in [2.45, 2.75) is 19.4 Å². The van der Waals surface area contributed by atoms with Crippen molar-refractivity contribution < 1.29 is 19.1 Å². The number of halogens is 1. The molecule has 2 N–H and O–H groups in total. The predicted octanol–water partition coefficient (Wildman–Crippen LogP) is 4.91. The minimum Gasteiger partial charge on any atom is -0.497 e. The van der Waals surface area contributed by atoms with E-state index in [0.717, 1.165) is 15.6 Å². The molecule has 0 fully saturated rings. The molecule has 0 aliphatic carbocycles. The molecule has 0 radical (unpaired) electrons. The molecule has 3 aromatic rings. The number of amides is 2. The van der Waals surface area contributed by atoms with E-state index in [9.17, 15) is 9.59 Å². The van der Waals surface area contributed by atoms with Crippen molar-refractivity contribution >= 4 is 39.6 Å². The van der Waals surface area contributed by atoms with Gasteiger partial charge in [-0.3, -0.25) is 9.59 Å². The van der Waals surface area contributed by atoms with Crippen LogP contribution >= 0.6 is 15.9 Å². The normalized spacial score (nSPS) is 10.6. The van der Waals surface area contributed by atoms with E-state index in [-0.39, 0.29) is 24.7 Å². The van der Waals surface area contributed by atoms with Crippen LogP contribution in [0.1, 0.15) is 24.0 Å². The summed E-state index contributed by atoms with van der Waals surface area (Å²) < 4.78 is 12.0. The summed E-state index contributed by atoms with van der Waals surface area (Å²) in [5, 5.41) is 6.73. The molecule has 0 aliphatic rings. The van der Waals surface area contributed by atoms with Gasteiger partial charge in [0, 0.05) is 28.6 Å². The molecule has 0 saturated carbocycles. The molecule has 2 amide bonds. The molecular formula is C25H24BrN3O4. The van der Waals surface area contributed by atoms with E-state index in [1.807, 2.05) is 48.5 Å². The van der Waals surface area contributed by atoms with E-state index < -0.39 is 0 Å². The van der Waals surface area contributed by atoms with Crippen molar-refractivity contribution in [1.82, 2.24) is 5.43 Å². The Bertz CT molecular complexity index is 1100. The molecular weight excluding hydrogens is 486 g/mol. The Balaban J connectivity index is 1.44. The Morgan fingerprint density at radius 2 is 1.64 bits per heavy atom. The van der Waals surface area contributed by atoms with Gasteiger partial charge in [-0.05, 0) is 54.1 Å². The summed E-state index contributed by atoms with van der Waals surface area (Å²) in [6, 6.07) is 22.2. The van der Waals surface area contributed by atoms with Crippen LogP contribution in [0, 0.1) is 0 Å². The first-order valence-corrected chi connectivity index (χ1v) is 11.0. The number of hydrogen-bond acceptors (Lipinski definition) is 5. The van der Waals surface area contributed by atoms with Gasteiger partial charge in [-0.15, -0.1) is 0 Å². The molecule has 3 aromatic carbocycles. The van der Waals surface area contributed by atoms with Gasteiger partial charge in [0.05, 0.1) is 13.3 Å². The summed E-state index contributed by atoms with van der Waals surface area (Å²) >= 11 is 3.41. The van der Waals surface area contributed by atoms with E-state index in [2.05, 4.69) is 31.8 Å². The first-order valence-electron chi connectivity index (χ1n) is 10.3. The fourth-order valence-electron chi connectivity index (χ4n) is 2.81. The van der Waals surface area contributed by atoms with Gasteiger partial charge in [0.1, 0.15) is 18.1 Å². The van der Waals surface area contributed by atoms with Crippen LogP contribution in [-0.2, 0) is 16.2 Å². The second-order valence-corrected chi connectivity index (χ2v) is 7.94. The number of ether oxygens (including phenoxy) is 2. The fraction of sp³-hybridized carbons (Fsp3) is 0.160. The Morgan fingerprint density at radius 3 is 2.36 bits per heavy atom. The third kappa shape index (κ3) is 8.08. The minimum atomic E-state index is -0.357. The molecule has 0 spiro atoms. The van der Waals surface area contributed by atoms with Gasteiger partial charge in [0.25, 0.3) is 0 Å². The van der Waals surface area contributed by atoms with Crippen LogP contribution in [0.25, 0.3) is 0 Å². The molecule has 0 bridgehead atoms. The van der Waals surface area contributed by atoms with Crippen molar-refractivity contribution in [3.63, 3.8) is 0 Å². The quantitative estimate of drug-likeness (QED) is 0.300. The summed E-state index contributed by atoms with van der Waals surface area (Å²) in [6.45, 7) is 0.411. The van der Waals surface area contributed by atoms with Gasteiger partial charge in [-0.25, -0.2) is 5.43 Å². The highest BCUT2D eigenvalue weighted by Gasteiger charge is 2.07. The summed E-state index contributed by atoms with van der Waals surface area (Å²) in [7, 11) is 1.57. The largest absolute Gasteiger partial charge is 0.497 e. The smallest absolute Gasteiger partial charge is 0.240 e. The first-order chi connectivity index (χ1) is 16.0. The number of benzene rings is 3. The minimum absolute atomic E-state index is 0.0149. The zero-order valence-corrected chi connectivity index (χ0v) is 19.7. The van der Waals surface area contributed by atoms with Gasteiger partial charge in [0.2, 0.25) is 11.8 Å². The van der Waals surface area contributed by atoms with Crippen LogP contribution < -0.4 is 20.2 Å². The number of hydrogen-bond donors (Lipinski definition) is 2. The lowest BCUT2D eigenvalue weighted by molar-refractivity contribution is -0.124. The summed E-state index contributed by atoms with van der Waals surface area (Å²) in [5.74, 6) is 0.734. The topological polar surface area (TPSA) is 89.0 Å². The number of nitrogens with one attached hydrogen (secondary N) is 2. The second-order valence-electron chi connectivity index (χ2n) is 7.02. The number of hydrazone groups is 1. The number of methoxy groups -OCH3 is 1. The number of carbonyl (C=O) groups excluding carboxylic acids is 2. The van der Waals surface area contributed by atoms with Gasteiger partial charge < -0.3 is 14.8 Å². The average Bonchev–Trinajstić information content (AvgIpc) is 2.83. The molecule has 170 valence electrons. The standard InChI is InChI=1S/C25H24BrN3O4/c1-32-22-12-10-21(11-13-22)28-24(30)14-15-25(31)29-27-16-19-4-2-3-5-23(19)33-17-18-6-8-20(26)9-7-18/h2-13,16H,14-15,17H2,1H3,(H,28,30)(H,29,31). The molecule has 0 saturated heterocycles. The van der Waals surface area contributed by atoms with Crippen molar-refractivity contribution in [1.29, 1.82) is 0 Å². The third-order valence-electron chi connectivity index (χ3n) is 4.57. The molecule has 33 heavy (non-hydrogen) atoms. The van der Waals surface area contributed by atoms with E-state index >= 15 is 0 Å². The third-order valence-corrected chi connectivity index (χ3v) is 5.10. The molecule has 0 aromatic heterocycles. The maximum Gasteiger partial charge on any atom is 0.240 e. The van der Waals surface area contributed by atoms with Crippen LogP contribution in [0.3, 0.4) is 0 Å². The van der Waals surface area contributed by atoms with Gasteiger partial charge in [0.15, 0.2) is 0 Å². The van der Waals surface area contributed by atoms with Crippen LogP contribution in [-0.4, -0.2) is 25.1 Å². The van der Waals surface area contributed by atoms with Crippen LogP contribution in [0.2, 0.25) is 0 Å². The highest BCUT2D eigenvalue weighted by Crippen LogP contribution is 2.19. The molecule has 3 rings (SSSR count). The Hall–Kier alpha value is -3.65. The summed E-state index contributed by atoms with van der Waals surface area (Å²) in [5.41, 5.74) is 4.85. The highest BCUT2D eigenvalue weighted by molar-refractivity contribution is 9.10. The molecule has 8 heteroatoms. The lowest BCUT2D eigenvalue weighted by Gasteiger charge is -2.09. The number of para-hydroxylation sites is 1. The van der Waals surface area contributed by atoms with Crippen LogP contribution in [0.15, 0.2) is 82.4 Å². The molecule has 0 atom stereocenters. The van der Waals surface area contributed by atoms with Crippen molar-refractivity contribution in [3.8, 4) is 11.5 Å². The molecule has 0 aliphatic heterocycles. The van der Waals surface area contributed by atoms with E-state index in [4.69, 9.17) is 9.47 Å². The van der Waals surface area contributed by atoms with Gasteiger partial charge >= 0.3 is 0 Å². The maximum atomic E-state index is 12.0. The zero-order chi connectivity index (χ0) is 23.5. The number of rotatable bonds is 10. The monoisotopic (exact) mass is 509 g/mol. The van der Waals surface area contributed by atoms with E-state index in [1.54, 1.807) is 31.4 Å². The fourth-order valence-corrected chi connectivity index (χ4v) is 3.08. The highest BCUT2D eigenvalue weighted by atomic mass is 79.9. The lowest BCUT2D eigenvalue weighted by Crippen LogP contribution is -2.20. The SMILES string of the molecule is COc1ccc(NC(=O)CCC(=O)NN=Cc2ccccc2OCc2ccc(Br)cc2)cc1. The van der Waals surface area contributed by atoms with Crippen molar-refractivity contribution in [2.75, 3.05) is 12.4 Å². The summed E-state index contributed by atoms with van der Waals surface area (Å²) in [4.78, 5) is 24.1. The predicted molar refractivity (Wildman–Crippen MR) is 132 cm³/mol. The number of carbonyl (C=O) groups is 2. The summed E-state index contributed by atoms with van der Waals surface area (Å²) in [6.07, 6.45) is 1.58. The Labute approximate surface area is 200 Å². The van der Waals surface area contributed by atoms with E-state index in [0.29, 0.717) is 23.8 Å². The zero-order valence-electron chi connectivity index (χ0n) is 18.1. The Kier molecular flexibility index (Phi) is 9.02. The van der Waals surface area contributed by atoms with Crippen LogP contribution in [0.5, 0.6) is 11.5 Å². The lowest BCUT2D eigenvalue weighted by atomic mass is 10.2. The van der Waals surface area contributed by atoms with Gasteiger partial charge in [-0.1, -0.05) is 40.2 Å². The molecule has 0 heterocycles.